The number of benzene rings is 4. The molecule has 8 rings (SSSR count). The van der Waals surface area contributed by atoms with E-state index in [0.29, 0.717) is 43.7 Å². The van der Waals surface area contributed by atoms with Crippen molar-refractivity contribution in [2.24, 2.45) is 0 Å². The molecule has 4 aromatic heterocycles. The van der Waals surface area contributed by atoms with Crippen LogP contribution in [0, 0.1) is 0 Å². The van der Waals surface area contributed by atoms with Crippen LogP contribution in [0.15, 0.2) is 126 Å². The van der Waals surface area contributed by atoms with Crippen LogP contribution in [-0.4, -0.2) is 26.8 Å². The van der Waals surface area contributed by atoms with Gasteiger partial charge in [-0.25, -0.2) is 4.79 Å². The Morgan fingerprint density at radius 1 is 0.551 bits per heavy atom. The highest BCUT2D eigenvalue weighted by molar-refractivity contribution is 7.17. The number of amides is 2. The van der Waals surface area contributed by atoms with Crippen LogP contribution in [-0.2, 0) is 0 Å². The van der Waals surface area contributed by atoms with Gasteiger partial charge in [0, 0.05) is 32.8 Å². The van der Waals surface area contributed by atoms with Crippen LogP contribution < -0.4 is 26.1 Å². The van der Waals surface area contributed by atoms with Crippen molar-refractivity contribution >= 4 is 67.8 Å². The Hall–Kier alpha value is -6.37. The van der Waals surface area contributed by atoms with Gasteiger partial charge in [-0.2, -0.15) is 0 Å². The third kappa shape index (κ3) is 6.46. The maximum atomic E-state index is 12.9. The quantitative estimate of drug-likeness (QED) is 0.0765. The van der Waals surface area contributed by atoms with E-state index in [4.69, 9.17) is 9.78 Å². The number of aromatic amines is 3. The van der Waals surface area contributed by atoms with E-state index in [1.165, 1.54) is 22.7 Å². The monoisotopic (exact) mass is 683 g/mol. The number of thiophene rings is 2. The summed E-state index contributed by atoms with van der Waals surface area (Å²) in [5.41, 5.74) is 5.23. The van der Waals surface area contributed by atoms with E-state index in [2.05, 4.69) is 43.8 Å². The average molecular weight is 684 g/mol. The summed E-state index contributed by atoms with van der Waals surface area (Å²) < 4.78 is 0. The summed E-state index contributed by atoms with van der Waals surface area (Å²) in [6, 6.07) is 35.1. The molecule has 12 heteroatoms. The van der Waals surface area contributed by atoms with Crippen molar-refractivity contribution in [3.05, 3.63) is 142 Å². The number of carbonyl (C=O) groups excluding carboxylic acids is 2. The fourth-order valence-electron chi connectivity index (χ4n) is 5.29. The van der Waals surface area contributed by atoms with Crippen molar-refractivity contribution in [3.63, 3.8) is 0 Å². The van der Waals surface area contributed by atoms with Gasteiger partial charge in [0.2, 0.25) is 0 Å². The molecule has 49 heavy (non-hydrogen) atoms. The molecule has 2 amide bonds. The molecule has 4 aromatic carbocycles. The van der Waals surface area contributed by atoms with E-state index in [1.807, 2.05) is 42.6 Å². The van der Waals surface area contributed by atoms with Crippen molar-refractivity contribution in [2.75, 3.05) is 10.6 Å². The molecule has 0 aliphatic rings. The Kier molecular flexibility index (Phi) is 7.76. The molecule has 8 aromatic rings. The summed E-state index contributed by atoms with van der Waals surface area (Å²) in [5.74, 6) is 0.539. The zero-order valence-corrected chi connectivity index (χ0v) is 27.0. The summed E-state index contributed by atoms with van der Waals surface area (Å²) in [6.45, 7) is 0. The number of rotatable bonds is 9. The fourth-order valence-corrected chi connectivity index (χ4v) is 7.10. The molecular weight excluding hydrogens is 659 g/mol. The van der Waals surface area contributed by atoms with Gasteiger partial charge in [0.15, 0.2) is 11.5 Å². The second-order valence-corrected chi connectivity index (χ2v) is 13.2. The normalized spacial score (nSPS) is 11.1. The van der Waals surface area contributed by atoms with E-state index < -0.39 is 0 Å². The lowest BCUT2D eigenvalue weighted by Crippen LogP contribution is -2.10. The van der Waals surface area contributed by atoms with Crippen molar-refractivity contribution in [1.82, 2.24) is 15.0 Å². The molecule has 0 bridgehead atoms. The highest BCUT2D eigenvalue weighted by Crippen LogP contribution is 2.32. The molecule has 0 aliphatic heterocycles. The summed E-state index contributed by atoms with van der Waals surface area (Å²) in [6.07, 6.45) is 1.91. The van der Waals surface area contributed by atoms with Crippen molar-refractivity contribution in [2.45, 2.75) is 0 Å². The topological polar surface area (TPSA) is 141 Å². The minimum absolute atomic E-state index is 0.186. The summed E-state index contributed by atoms with van der Waals surface area (Å²) in [5, 5.41) is 6.95. The summed E-state index contributed by atoms with van der Waals surface area (Å²) in [4.78, 5) is 60.0. The second-order valence-electron chi connectivity index (χ2n) is 11.1. The zero-order chi connectivity index (χ0) is 33.3. The lowest BCUT2D eigenvalue weighted by Gasteiger charge is -2.08. The molecule has 4 heterocycles. The van der Waals surface area contributed by atoms with Gasteiger partial charge in [-0.1, -0.05) is 12.1 Å². The standard InChI is InChI=1S/C37H25N5O5S2/c43-35(33-16-14-32(49-33)23-2-1-21-17-18-38-29(21)19-23)39-24-5-10-27(11-6-24)47-46-26-8-3-22(4-9-26)31-13-15-34(48-31)36(44)40-25-7-12-28-30(20-25)42-37(45)41-28/h1-20,38H,(H,39,43)(H,40,44)(H2,41,42,45). The maximum absolute atomic E-state index is 12.9. The van der Waals surface area contributed by atoms with Crippen LogP contribution in [0.2, 0.25) is 0 Å². The molecule has 0 aliphatic carbocycles. The van der Waals surface area contributed by atoms with E-state index in [-0.39, 0.29) is 17.5 Å². The van der Waals surface area contributed by atoms with Gasteiger partial charge in [-0.3, -0.25) is 19.4 Å². The number of carbonyl (C=O) groups is 2. The molecule has 0 saturated carbocycles. The average Bonchev–Trinajstić information content (AvgIpc) is 3.94. The summed E-state index contributed by atoms with van der Waals surface area (Å²) in [7, 11) is 0. The molecular formula is C37H25N5O5S2. The predicted molar refractivity (Wildman–Crippen MR) is 194 cm³/mol. The number of hydrogen-bond acceptors (Lipinski definition) is 7. The first-order valence-electron chi connectivity index (χ1n) is 15.1. The Labute approximate surface area is 285 Å². The van der Waals surface area contributed by atoms with Gasteiger partial charge in [-0.15, -0.1) is 22.7 Å². The van der Waals surface area contributed by atoms with Gasteiger partial charge >= 0.3 is 5.69 Å². The predicted octanol–water partition coefficient (Wildman–Crippen LogP) is 8.67. The van der Waals surface area contributed by atoms with Crippen LogP contribution in [0.1, 0.15) is 19.3 Å². The number of fused-ring (bicyclic) bond motifs is 2. The van der Waals surface area contributed by atoms with Crippen molar-refractivity contribution in [3.8, 4) is 32.4 Å². The number of H-pyrrole nitrogens is 3. The number of imidazole rings is 1. The van der Waals surface area contributed by atoms with Gasteiger partial charge in [0.1, 0.15) is 0 Å². The highest BCUT2D eigenvalue weighted by atomic mass is 32.1. The maximum Gasteiger partial charge on any atom is 0.323 e. The van der Waals surface area contributed by atoms with Crippen LogP contribution in [0.25, 0.3) is 42.8 Å². The molecule has 0 unspecified atom stereocenters. The van der Waals surface area contributed by atoms with E-state index in [9.17, 15) is 14.4 Å². The largest absolute Gasteiger partial charge is 0.361 e. The second kappa shape index (κ2) is 12.7. The Morgan fingerprint density at radius 3 is 1.86 bits per heavy atom. The first kappa shape index (κ1) is 30.0. The van der Waals surface area contributed by atoms with Gasteiger partial charge in [0.05, 0.1) is 20.8 Å². The molecule has 0 radical (unpaired) electrons. The lowest BCUT2D eigenvalue weighted by molar-refractivity contribution is -0.0999. The van der Waals surface area contributed by atoms with Gasteiger partial charge < -0.3 is 25.6 Å². The Bertz CT molecular complexity index is 2520. The van der Waals surface area contributed by atoms with Crippen LogP contribution in [0.5, 0.6) is 11.5 Å². The number of anilines is 2. The van der Waals surface area contributed by atoms with Gasteiger partial charge in [-0.05, 0) is 120 Å². The number of nitrogens with one attached hydrogen (secondary N) is 5. The molecule has 240 valence electrons. The van der Waals surface area contributed by atoms with E-state index in [0.717, 1.165) is 31.8 Å². The SMILES string of the molecule is O=C(Nc1ccc2[nH]c(=O)[nH]c2c1)c1ccc(-c2ccc(OOc3ccc(NC(=O)c4ccc(-c5ccc6cc[nH]c6c5)s4)cc3)cc2)s1. The van der Waals surface area contributed by atoms with Crippen LogP contribution in [0.3, 0.4) is 0 Å². The van der Waals surface area contributed by atoms with Crippen molar-refractivity contribution in [1.29, 1.82) is 0 Å². The fraction of sp³-hybridized carbons (Fsp3) is 0. The minimum Gasteiger partial charge on any atom is -0.361 e. The first-order valence-corrected chi connectivity index (χ1v) is 16.7. The third-order valence-electron chi connectivity index (χ3n) is 7.76. The molecule has 5 N–H and O–H groups in total. The zero-order valence-electron chi connectivity index (χ0n) is 25.4. The smallest absolute Gasteiger partial charge is 0.323 e. The van der Waals surface area contributed by atoms with Crippen LogP contribution >= 0.6 is 22.7 Å². The molecule has 0 atom stereocenters. The minimum atomic E-state index is -0.299. The molecule has 0 fully saturated rings. The highest BCUT2D eigenvalue weighted by Gasteiger charge is 2.14. The van der Waals surface area contributed by atoms with E-state index >= 15 is 0 Å². The Morgan fingerprint density at radius 2 is 1.14 bits per heavy atom. The molecule has 10 nitrogen and oxygen atoms in total. The van der Waals surface area contributed by atoms with E-state index in [1.54, 1.807) is 60.7 Å². The lowest BCUT2D eigenvalue weighted by atomic mass is 10.1. The van der Waals surface area contributed by atoms with Crippen LogP contribution in [0.4, 0.5) is 11.4 Å². The first-order chi connectivity index (χ1) is 23.9. The Balaban J connectivity index is 0.839. The molecule has 0 saturated heterocycles. The van der Waals surface area contributed by atoms with Gasteiger partial charge in [0.25, 0.3) is 11.8 Å². The summed E-state index contributed by atoms with van der Waals surface area (Å²) >= 11 is 2.80. The number of aromatic nitrogens is 3. The third-order valence-corrected chi connectivity index (χ3v) is 10.0. The number of hydrogen-bond donors (Lipinski definition) is 5. The van der Waals surface area contributed by atoms with Crippen molar-refractivity contribution < 1.29 is 19.4 Å². The molecule has 0 spiro atoms.